The van der Waals surface area contributed by atoms with Crippen molar-refractivity contribution in [2.24, 2.45) is 4.99 Å². The lowest BCUT2D eigenvalue weighted by Crippen LogP contribution is -1.93. The molecular formula is C11H10BrN. The molecule has 2 rings (SSSR count). The van der Waals surface area contributed by atoms with Gasteiger partial charge in [-0.05, 0) is 35.8 Å². The third kappa shape index (κ3) is 2.07. The Labute approximate surface area is 86.3 Å². The van der Waals surface area contributed by atoms with Crippen molar-refractivity contribution in [2.75, 3.05) is 6.54 Å². The Morgan fingerprint density at radius 3 is 2.54 bits per heavy atom. The Bertz CT molecular complexity index is 349. The molecule has 1 aromatic rings. The highest BCUT2D eigenvalue weighted by Crippen LogP contribution is 2.21. The molecule has 0 radical (unpaired) electrons. The quantitative estimate of drug-likeness (QED) is 0.709. The molecule has 0 spiro atoms. The second kappa shape index (κ2) is 3.88. The van der Waals surface area contributed by atoms with Crippen LogP contribution in [-0.2, 0) is 0 Å². The predicted molar refractivity (Wildman–Crippen MR) is 60.1 cm³/mol. The van der Waals surface area contributed by atoms with Gasteiger partial charge in [0.1, 0.15) is 0 Å². The summed E-state index contributed by atoms with van der Waals surface area (Å²) in [5.41, 5.74) is 2.68. The number of halogens is 1. The van der Waals surface area contributed by atoms with Crippen LogP contribution in [0.4, 0.5) is 0 Å². The van der Waals surface area contributed by atoms with Gasteiger partial charge in [-0.3, -0.25) is 4.99 Å². The topological polar surface area (TPSA) is 12.4 Å². The maximum Gasteiger partial charge on any atom is 0.0429 e. The second-order valence-electron chi connectivity index (χ2n) is 3.00. The predicted octanol–water partition coefficient (Wildman–Crippen LogP) is 3.31. The fourth-order valence-electron chi connectivity index (χ4n) is 1.39. The highest BCUT2D eigenvalue weighted by atomic mass is 79.9. The molecule has 1 heterocycles. The molecule has 0 N–H and O–H groups in total. The molecular weight excluding hydrogens is 226 g/mol. The highest BCUT2D eigenvalue weighted by molar-refractivity contribution is 9.10. The number of hydrogen-bond acceptors (Lipinski definition) is 1. The van der Waals surface area contributed by atoms with Crippen molar-refractivity contribution in [3.63, 3.8) is 0 Å². The van der Waals surface area contributed by atoms with Gasteiger partial charge in [-0.25, -0.2) is 0 Å². The average molecular weight is 236 g/mol. The molecule has 0 amide bonds. The molecule has 0 aromatic heterocycles. The van der Waals surface area contributed by atoms with Crippen molar-refractivity contribution in [3.8, 4) is 0 Å². The molecule has 2 heteroatoms. The van der Waals surface area contributed by atoms with E-state index in [0.717, 1.165) is 17.4 Å². The van der Waals surface area contributed by atoms with E-state index in [1.165, 1.54) is 11.1 Å². The van der Waals surface area contributed by atoms with Crippen molar-refractivity contribution in [3.05, 3.63) is 40.4 Å². The zero-order valence-electron chi connectivity index (χ0n) is 7.20. The molecule has 13 heavy (non-hydrogen) atoms. The van der Waals surface area contributed by atoms with Crippen LogP contribution < -0.4 is 0 Å². The van der Waals surface area contributed by atoms with Crippen LogP contribution in [0.15, 0.2) is 39.8 Å². The molecule has 66 valence electrons. The molecule has 0 unspecified atom stereocenters. The Morgan fingerprint density at radius 1 is 1.15 bits per heavy atom. The van der Waals surface area contributed by atoms with E-state index in [0.29, 0.717) is 0 Å². The van der Waals surface area contributed by atoms with E-state index >= 15 is 0 Å². The van der Waals surface area contributed by atoms with Crippen LogP contribution in [0.2, 0.25) is 0 Å². The van der Waals surface area contributed by atoms with Crippen molar-refractivity contribution in [1.29, 1.82) is 0 Å². The first-order valence-electron chi connectivity index (χ1n) is 4.31. The standard InChI is InChI=1S/C11H10BrN/c12-11-3-1-9(2-4-11)10-5-7-13-8-6-10/h1-5,7H,6,8H2. The minimum absolute atomic E-state index is 0.919. The van der Waals surface area contributed by atoms with Gasteiger partial charge in [0, 0.05) is 17.2 Å². The van der Waals surface area contributed by atoms with E-state index in [-0.39, 0.29) is 0 Å². The average Bonchev–Trinajstić information content (AvgIpc) is 2.20. The summed E-state index contributed by atoms with van der Waals surface area (Å²) in [5, 5.41) is 0. The zero-order chi connectivity index (χ0) is 9.10. The lowest BCUT2D eigenvalue weighted by atomic mass is 10.0. The van der Waals surface area contributed by atoms with E-state index in [4.69, 9.17) is 0 Å². The summed E-state index contributed by atoms with van der Waals surface area (Å²) >= 11 is 3.42. The Balaban J connectivity index is 2.30. The fourth-order valence-corrected chi connectivity index (χ4v) is 1.65. The lowest BCUT2D eigenvalue weighted by Gasteiger charge is -2.08. The number of hydrogen-bond donors (Lipinski definition) is 0. The normalized spacial score (nSPS) is 15.6. The van der Waals surface area contributed by atoms with Crippen LogP contribution in [0, 0.1) is 0 Å². The lowest BCUT2D eigenvalue weighted by molar-refractivity contribution is 1.02. The van der Waals surface area contributed by atoms with Crippen LogP contribution in [0.25, 0.3) is 5.57 Å². The minimum Gasteiger partial charge on any atom is -0.293 e. The van der Waals surface area contributed by atoms with Gasteiger partial charge in [0.05, 0.1) is 0 Å². The number of aliphatic imine (C=N–C) groups is 1. The van der Waals surface area contributed by atoms with E-state index < -0.39 is 0 Å². The molecule has 0 saturated heterocycles. The Hall–Kier alpha value is -0.890. The second-order valence-corrected chi connectivity index (χ2v) is 3.92. The monoisotopic (exact) mass is 235 g/mol. The molecule has 0 aliphatic carbocycles. The number of nitrogens with zero attached hydrogens (tertiary/aromatic N) is 1. The molecule has 1 nitrogen and oxygen atoms in total. The smallest absolute Gasteiger partial charge is 0.0429 e. The molecule has 0 fully saturated rings. The van der Waals surface area contributed by atoms with Crippen molar-refractivity contribution in [1.82, 2.24) is 0 Å². The summed E-state index contributed by atoms with van der Waals surface area (Å²) in [6.45, 7) is 0.919. The fraction of sp³-hybridized carbons (Fsp3) is 0.182. The summed E-state index contributed by atoms with van der Waals surface area (Å²) in [7, 11) is 0. The third-order valence-corrected chi connectivity index (χ3v) is 2.64. The van der Waals surface area contributed by atoms with Gasteiger partial charge in [-0.2, -0.15) is 0 Å². The number of allylic oxidation sites excluding steroid dienone is 1. The van der Waals surface area contributed by atoms with Crippen LogP contribution in [-0.4, -0.2) is 12.8 Å². The Morgan fingerprint density at radius 2 is 1.92 bits per heavy atom. The van der Waals surface area contributed by atoms with Gasteiger partial charge < -0.3 is 0 Å². The van der Waals surface area contributed by atoms with Gasteiger partial charge in [0.2, 0.25) is 0 Å². The summed E-state index contributed by atoms with van der Waals surface area (Å²) in [6.07, 6.45) is 5.03. The van der Waals surface area contributed by atoms with Gasteiger partial charge in [-0.15, -0.1) is 0 Å². The van der Waals surface area contributed by atoms with Gasteiger partial charge in [0.15, 0.2) is 0 Å². The number of benzene rings is 1. The maximum atomic E-state index is 4.16. The van der Waals surface area contributed by atoms with Gasteiger partial charge in [-0.1, -0.05) is 28.1 Å². The molecule has 1 aliphatic rings. The third-order valence-electron chi connectivity index (χ3n) is 2.11. The number of rotatable bonds is 1. The van der Waals surface area contributed by atoms with Gasteiger partial charge >= 0.3 is 0 Å². The molecule has 0 saturated carbocycles. The first-order valence-corrected chi connectivity index (χ1v) is 5.10. The van der Waals surface area contributed by atoms with E-state index in [1.54, 1.807) is 0 Å². The highest BCUT2D eigenvalue weighted by Gasteiger charge is 2.02. The molecule has 0 bridgehead atoms. The van der Waals surface area contributed by atoms with Crippen LogP contribution in [0.1, 0.15) is 12.0 Å². The molecule has 0 atom stereocenters. The largest absolute Gasteiger partial charge is 0.293 e. The maximum absolute atomic E-state index is 4.16. The summed E-state index contributed by atoms with van der Waals surface area (Å²) in [4.78, 5) is 4.16. The zero-order valence-corrected chi connectivity index (χ0v) is 8.79. The molecule has 1 aromatic carbocycles. The summed E-state index contributed by atoms with van der Waals surface area (Å²) in [5.74, 6) is 0. The van der Waals surface area contributed by atoms with Crippen LogP contribution in [0.5, 0.6) is 0 Å². The molecule has 1 aliphatic heterocycles. The first-order chi connectivity index (χ1) is 6.36. The van der Waals surface area contributed by atoms with E-state index in [2.05, 4.69) is 51.3 Å². The van der Waals surface area contributed by atoms with Crippen LogP contribution in [0.3, 0.4) is 0 Å². The SMILES string of the molecule is Brc1ccc(C2=CC=NCC2)cc1. The van der Waals surface area contributed by atoms with Crippen molar-refractivity contribution >= 4 is 27.7 Å². The van der Waals surface area contributed by atoms with E-state index in [9.17, 15) is 0 Å². The minimum atomic E-state index is 0.919. The van der Waals surface area contributed by atoms with E-state index in [1.807, 2.05) is 6.21 Å². The van der Waals surface area contributed by atoms with Crippen molar-refractivity contribution in [2.45, 2.75) is 6.42 Å². The Kier molecular flexibility index (Phi) is 2.60. The summed E-state index contributed by atoms with van der Waals surface area (Å²) < 4.78 is 1.13. The van der Waals surface area contributed by atoms with Crippen molar-refractivity contribution < 1.29 is 0 Å². The first kappa shape index (κ1) is 8.70. The van der Waals surface area contributed by atoms with Crippen LogP contribution >= 0.6 is 15.9 Å². The van der Waals surface area contributed by atoms with Gasteiger partial charge in [0.25, 0.3) is 0 Å². The summed E-state index contributed by atoms with van der Waals surface area (Å²) in [6, 6.07) is 8.41. The number of dihydropyridines is 1.